The molecule has 0 saturated heterocycles. The highest BCUT2D eigenvalue weighted by Crippen LogP contribution is 2.13. The maximum absolute atomic E-state index is 11.7. The number of ether oxygens (including phenoxy) is 2. The van der Waals surface area contributed by atoms with Crippen LogP contribution < -0.4 is 0 Å². The van der Waals surface area contributed by atoms with Crippen LogP contribution in [0.25, 0.3) is 0 Å². The molecule has 0 aromatic rings. The molecule has 0 saturated carbocycles. The lowest BCUT2D eigenvalue weighted by Crippen LogP contribution is -2.33. The number of carbonyl (C=O) groups excluding carboxylic acids is 2. The Labute approximate surface area is 183 Å². The van der Waals surface area contributed by atoms with Crippen LogP contribution in [-0.2, 0) is 14.3 Å². The van der Waals surface area contributed by atoms with E-state index in [0.717, 1.165) is 12.8 Å². The Balaban J connectivity index is 3.30. The van der Waals surface area contributed by atoms with Gasteiger partial charge in [0.05, 0.1) is 12.5 Å². The second kappa shape index (κ2) is 21.7. The van der Waals surface area contributed by atoms with Crippen molar-refractivity contribution in [2.75, 3.05) is 32.7 Å². The molecule has 0 aliphatic rings. The number of esters is 1. The summed E-state index contributed by atoms with van der Waals surface area (Å²) in [6.45, 7) is 2.72. The molecule has 0 aromatic carbocycles. The first kappa shape index (κ1) is 28.0. The Bertz CT molecular complexity index is 393. The van der Waals surface area contributed by atoms with E-state index in [1.54, 1.807) is 0 Å². The van der Waals surface area contributed by atoms with Gasteiger partial charge in [0.15, 0.2) is 0 Å². The fourth-order valence-electron chi connectivity index (χ4n) is 3.20. The summed E-state index contributed by atoms with van der Waals surface area (Å²) in [5.41, 5.74) is 0. The van der Waals surface area contributed by atoms with Crippen LogP contribution in [0.3, 0.4) is 0 Å². The second-order valence-electron chi connectivity index (χ2n) is 7.83. The molecule has 0 heterocycles. The summed E-state index contributed by atoms with van der Waals surface area (Å²) in [5, 5.41) is 0. The maximum Gasteiger partial charge on any atom is 0.410 e. The Hall–Kier alpha value is -0.970. The quantitative estimate of drug-likeness (QED) is 0.122. The van der Waals surface area contributed by atoms with Gasteiger partial charge >= 0.3 is 12.1 Å². The van der Waals surface area contributed by atoms with Gasteiger partial charge in [0.1, 0.15) is 13.2 Å². The number of likely N-dealkylation sites (N-methyl/N-ethyl adjacent to an activating group) is 1. The number of carbonyl (C=O) groups is 2. The number of rotatable bonds is 20. The zero-order chi connectivity index (χ0) is 21.6. The average Bonchev–Trinajstić information content (AvgIpc) is 2.71. The van der Waals surface area contributed by atoms with Crippen LogP contribution in [0.15, 0.2) is 0 Å². The van der Waals surface area contributed by atoms with E-state index in [2.05, 4.69) is 6.92 Å². The smallest absolute Gasteiger partial charge is 0.410 e. The number of hydrogen-bond donors (Lipinski definition) is 0. The van der Waals surface area contributed by atoms with Gasteiger partial charge in [-0.2, -0.15) is 0 Å². The third kappa shape index (κ3) is 20.1. The minimum Gasteiger partial charge on any atom is -0.464 e. The van der Waals surface area contributed by atoms with Crippen molar-refractivity contribution in [2.45, 2.75) is 103 Å². The predicted octanol–water partition coefficient (Wildman–Crippen LogP) is 6.71. The Kier molecular flexibility index (Phi) is 21.0. The molecule has 0 aromatic heterocycles. The summed E-state index contributed by atoms with van der Waals surface area (Å²) in [6.07, 6.45) is 19.0. The second-order valence-corrected chi connectivity index (χ2v) is 8.21. The molecule has 0 unspecified atom stereocenters. The SMILES string of the molecule is CCCCCCCCCCCCCCCCCOC(=O)CN(C)C(=O)OCCCl. The fourth-order valence-corrected chi connectivity index (χ4v) is 3.28. The van der Waals surface area contributed by atoms with Crippen LogP contribution in [0, 0.1) is 0 Å². The summed E-state index contributed by atoms with van der Waals surface area (Å²) in [5.74, 6) is -0.163. The number of amides is 1. The molecule has 0 aliphatic carbocycles. The third-order valence-electron chi connectivity index (χ3n) is 4.99. The number of nitrogens with zero attached hydrogens (tertiary/aromatic N) is 1. The molecule has 172 valence electrons. The van der Waals surface area contributed by atoms with Crippen LogP contribution in [0.4, 0.5) is 4.79 Å². The fraction of sp³-hybridized carbons (Fsp3) is 0.913. The zero-order valence-electron chi connectivity index (χ0n) is 18.9. The molecule has 6 heteroatoms. The summed E-state index contributed by atoms with van der Waals surface area (Å²) in [4.78, 5) is 24.4. The third-order valence-corrected chi connectivity index (χ3v) is 5.15. The van der Waals surface area contributed by atoms with E-state index in [4.69, 9.17) is 21.1 Å². The van der Waals surface area contributed by atoms with Crippen LogP contribution in [0.2, 0.25) is 0 Å². The van der Waals surface area contributed by atoms with Crippen molar-refractivity contribution < 1.29 is 19.1 Å². The monoisotopic (exact) mass is 433 g/mol. The van der Waals surface area contributed by atoms with Gasteiger partial charge in [-0.1, -0.05) is 96.8 Å². The van der Waals surface area contributed by atoms with Crippen LogP contribution in [-0.4, -0.2) is 49.6 Å². The summed E-state index contributed by atoms with van der Waals surface area (Å²) < 4.78 is 10.0. The lowest BCUT2D eigenvalue weighted by atomic mass is 10.0. The standard InChI is InChI=1S/C23H44ClNO4/c1-3-4-5-6-7-8-9-10-11-12-13-14-15-16-17-19-28-22(26)21-25(2)23(27)29-20-18-24/h3-21H2,1-2H3. The van der Waals surface area contributed by atoms with Crippen LogP contribution >= 0.6 is 11.6 Å². The van der Waals surface area contributed by atoms with Crippen molar-refractivity contribution in [2.24, 2.45) is 0 Å². The van der Waals surface area contributed by atoms with Gasteiger partial charge in [-0.05, 0) is 6.42 Å². The largest absolute Gasteiger partial charge is 0.464 e. The normalized spacial score (nSPS) is 10.7. The summed E-state index contributed by atoms with van der Waals surface area (Å²) >= 11 is 5.45. The Morgan fingerprint density at radius 1 is 0.690 bits per heavy atom. The highest BCUT2D eigenvalue weighted by molar-refractivity contribution is 6.18. The number of hydrogen-bond acceptors (Lipinski definition) is 4. The topological polar surface area (TPSA) is 55.8 Å². The molecule has 0 fully saturated rings. The van der Waals surface area contributed by atoms with Gasteiger partial charge in [0.25, 0.3) is 0 Å². The molecule has 0 atom stereocenters. The average molecular weight is 434 g/mol. The highest BCUT2D eigenvalue weighted by atomic mass is 35.5. The van der Waals surface area contributed by atoms with Crippen molar-refractivity contribution in [3.8, 4) is 0 Å². The summed E-state index contributed by atoms with van der Waals surface area (Å²) in [6, 6.07) is 0. The maximum atomic E-state index is 11.7. The lowest BCUT2D eigenvalue weighted by molar-refractivity contribution is -0.144. The van der Waals surface area contributed by atoms with E-state index in [0.29, 0.717) is 6.61 Å². The highest BCUT2D eigenvalue weighted by Gasteiger charge is 2.14. The van der Waals surface area contributed by atoms with Gasteiger partial charge in [-0.3, -0.25) is 4.79 Å². The number of halogens is 1. The van der Waals surface area contributed by atoms with Gasteiger partial charge < -0.3 is 14.4 Å². The lowest BCUT2D eigenvalue weighted by Gasteiger charge is -2.15. The van der Waals surface area contributed by atoms with Crippen molar-refractivity contribution in [1.29, 1.82) is 0 Å². The predicted molar refractivity (Wildman–Crippen MR) is 121 cm³/mol. The molecule has 1 amide bonds. The molecule has 0 rings (SSSR count). The molecule has 0 aliphatic heterocycles. The minimum atomic E-state index is -0.561. The van der Waals surface area contributed by atoms with E-state index in [9.17, 15) is 9.59 Å². The molecule has 0 radical (unpaired) electrons. The van der Waals surface area contributed by atoms with Crippen molar-refractivity contribution in [3.05, 3.63) is 0 Å². The molecule has 5 nitrogen and oxygen atoms in total. The molecule has 0 N–H and O–H groups in total. The molecular formula is C23H44ClNO4. The number of unbranched alkanes of at least 4 members (excludes halogenated alkanes) is 14. The van der Waals surface area contributed by atoms with Crippen molar-refractivity contribution in [3.63, 3.8) is 0 Å². The first-order chi connectivity index (χ1) is 14.1. The Morgan fingerprint density at radius 2 is 1.14 bits per heavy atom. The Morgan fingerprint density at radius 3 is 1.59 bits per heavy atom. The van der Waals surface area contributed by atoms with E-state index >= 15 is 0 Å². The zero-order valence-corrected chi connectivity index (χ0v) is 19.6. The van der Waals surface area contributed by atoms with Crippen molar-refractivity contribution >= 4 is 23.7 Å². The minimum absolute atomic E-state index is 0.0974. The van der Waals surface area contributed by atoms with E-state index in [1.165, 1.54) is 95.4 Å². The van der Waals surface area contributed by atoms with Gasteiger partial charge in [0, 0.05) is 7.05 Å². The van der Waals surface area contributed by atoms with Gasteiger partial charge in [-0.15, -0.1) is 11.6 Å². The first-order valence-electron chi connectivity index (χ1n) is 11.7. The van der Waals surface area contributed by atoms with Crippen LogP contribution in [0.5, 0.6) is 0 Å². The molecule has 29 heavy (non-hydrogen) atoms. The van der Waals surface area contributed by atoms with E-state index in [-0.39, 0.29) is 19.0 Å². The van der Waals surface area contributed by atoms with E-state index < -0.39 is 12.1 Å². The van der Waals surface area contributed by atoms with Crippen molar-refractivity contribution in [1.82, 2.24) is 4.90 Å². The summed E-state index contributed by atoms with van der Waals surface area (Å²) in [7, 11) is 1.51. The van der Waals surface area contributed by atoms with Crippen LogP contribution in [0.1, 0.15) is 103 Å². The van der Waals surface area contributed by atoms with Gasteiger partial charge in [-0.25, -0.2) is 4.79 Å². The first-order valence-corrected chi connectivity index (χ1v) is 12.2. The molecular weight excluding hydrogens is 390 g/mol. The number of alkyl halides is 1. The molecule has 0 bridgehead atoms. The molecule has 0 spiro atoms. The van der Waals surface area contributed by atoms with Gasteiger partial charge in [0.2, 0.25) is 0 Å². The van der Waals surface area contributed by atoms with E-state index in [1.807, 2.05) is 0 Å².